The Hall–Kier alpha value is -0.610. The summed E-state index contributed by atoms with van der Waals surface area (Å²) < 4.78 is 1.12. The zero-order chi connectivity index (χ0) is 11.7. The molecule has 17 heavy (non-hydrogen) atoms. The van der Waals surface area contributed by atoms with Crippen LogP contribution in [0.4, 0.5) is 5.69 Å². The summed E-state index contributed by atoms with van der Waals surface area (Å²) in [7, 11) is 0. The van der Waals surface area contributed by atoms with Gasteiger partial charge in [0.25, 0.3) is 0 Å². The van der Waals surface area contributed by atoms with Gasteiger partial charge in [0.1, 0.15) is 0 Å². The standard InChI is InChI=1S/C13H18BrN3/c14-10-9-15-7-5-12(10)17-8-2-4-13(17)11-3-1-6-16-11/h5,7,9,11,13,16H,1-4,6,8H2. The average molecular weight is 296 g/mol. The molecule has 2 fully saturated rings. The van der Waals surface area contributed by atoms with Crippen molar-refractivity contribution in [2.24, 2.45) is 0 Å². The molecule has 1 aromatic rings. The second kappa shape index (κ2) is 4.94. The van der Waals surface area contributed by atoms with Gasteiger partial charge in [-0.1, -0.05) is 0 Å². The number of pyridine rings is 1. The molecule has 0 amide bonds. The molecular formula is C13H18BrN3. The number of rotatable bonds is 2. The molecule has 1 N–H and O–H groups in total. The minimum Gasteiger partial charge on any atom is -0.366 e. The lowest BCUT2D eigenvalue weighted by Gasteiger charge is -2.31. The van der Waals surface area contributed by atoms with E-state index >= 15 is 0 Å². The maximum absolute atomic E-state index is 4.15. The Balaban J connectivity index is 1.84. The molecule has 0 saturated carbocycles. The predicted octanol–water partition coefficient (Wildman–Crippen LogP) is 2.56. The first kappa shape index (κ1) is 11.5. The predicted molar refractivity (Wildman–Crippen MR) is 73.3 cm³/mol. The molecule has 2 aliphatic heterocycles. The largest absolute Gasteiger partial charge is 0.366 e. The molecule has 1 aromatic heterocycles. The summed E-state index contributed by atoms with van der Waals surface area (Å²) in [6.07, 6.45) is 9.05. The van der Waals surface area contributed by atoms with Crippen LogP contribution in [0.25, 0.3) is 0 Å². The van der Waals surface area contributed by atoms with E-state index in [-0.39, 0.29) is 0 Å². The zero-order valence-electron chi connectivity index (χ0n) is 9.90. The fourth-order valence-corrected chi connectivity index (χ4v) is 3.63. The fraction of sp³-hybridized carbons (Fsp3) is 0.615. The van der Waals surface area contributed by atoms with E-state index in [4.69, 9.17) is 0 Å². The highest BCUT2D eigenvalue weighted by Gasteiger charge is 2.33. The van der Waals surface area contributed by atoms with Gasteiger partial charge in [-0.25, -0.2) is 0 Å². The highest BCUT2D eigenvalue weighted by Crippen LogP contribution is 2.33. The third kappa shape index (κ3) is 2.20. The van der Waals surface area contributed by atoms with Crippen molar-refractivity contribution in [1.29, 1.82) is 0 Å². The summed E-state index contributed by atoms with van der Waals surface area (Å²) >= 11 is 3.62. The van der Waals surface area contributed by atoms with Crippen LogP contribution in [-0.2, 0) is 0 Å². The van der Waals surface area contributed by atoms with Crippen LogP contribution in [0.2, 0.25) is 0 Å². The molecule has 4 heteroatoms. The molecule has 3 heterocycles. The van der Waals surface area contributed by atoms with Crippen molar-refractivity contribution in [3.63, 3.8) is 0 Å². The minimum atomic E-state index is 0.663. The number of hydrogen-bond donors (Lipinski definition) is 1. The maximum Gasteiger partial charge on any atom is 0.0592 e. The SMILES string of the molecule is Brc1cnccc1N1CCCC1C1CCCN1. The van der Waals surface area contributed by atoms with E-state index < -0.39 is 0 Å². The third-order valence-electron chi connectivity index (χ3n) is 3.92. The van der Waals surface area contributed by atoms with Crippen molar-refractivity contribution in [1.82, 2.24) is 10.3 Å². The van der Waals surface area contributed by atoms with Crippen LogP contribution in [-0.4, -0.2) is 30.2 Å². The van der Waals surface area contributed by atoms with E-state index in [2.05, 4.69) is 37.2 Å². The summed E-state index contributed by atoms with van der Waals surface area (Å²) in [5.41, 5.74) is 1.30. The van der Waals surface area contributed by atoms with Gasteiger partial charge in [0.15, 0.2) is 0 Å². The smallest absolute Gasteiger partial charge is 0.0592 e. The Morgan fingerprint density at radius 2 is 2.29 bits per heavy atom. The lowest BCUT2D eigenvalue weighted by molar-refractivity contribution is 0.482. The first-order chi connectivity index (χ1) is 8.36. The lowest BCUT2D eigenvalue weighted by atomic mass is 10.0. The van der Waals surface area contributed by atoms with Crippen molar-refractivity contribution in [3.8, 4) is 0 Å². The number of anilines is 1. The van der Waals surface area contributed by atoms with Crippen LogP contribution < -0.4 is 10.2 Å². The van der Waals surface area contributed by atoms with Gasteiger partial charge in [-0.3, -0.25) is 4.98 Å². The topological polar surface area (TPSA) is 28.2 Å². The van der Waals surface area contributed by atoms with Gasteiger partial charge in [-0.2, -0.15) is 0 Å². The van der Waals surface area contributed by atoms with Crippen molar-refractivity contribution < 1.29 is 0 Å². The molecule has 2 saturated heterocycles. The molecule has 92 valence electrons. The normalized spacial score (nSPS) is 28.9. The van der Waals surface area contributed by atoms with Crippen molar-refractivity contribution in [2.45, 2.75) is 37.8 Å². The summed E-state index contributed by atoms with van der Waals surface area (Å²) in [4.78, 5) is 6.70. The van der Waals surface area contributed by atoms with E-state index in [1.807, 2.05) is 12.4 Å². The Labute approximate surface area is 111 Å². The number of hydrogen-bond acceptors (Lipinski definition) is 3. The van der Waals surface area contributed by atoms with Crippen LogP contribution in [0.5, 0.6) is 0 Å². The van der Waals surface area contributed by atoms with Crippen LogP contribution in [0.3, 0.4) is 0 Å². The minimum absolute atomic E-state index is 0.663. The second-order valence-corrected chi connectivity index (χ2v) is 5.79. The van der Waals surface area contributed by atoms with Crippen molar-refractivity contribution >= 4 is 21.6 Å². The number of aromatic nitrogens is 1. The van der Waals surface area contributed by atoms with Crippen LogP contribution in [0.1, 0.15) is 25.7 Å². The third-order valence-corrected chi connectivity index (χ3v) is 4.53. The van der Waals surface area contributed by atoms with Crippen molar-refractivity contribution in [2.75, 3.05) is 18.0 Å². The van der Waals surface area contributed by atoms with Gasteiger partial charge in [-0.15, -0.1) is 0 Å². The molecule has 0 aromatic carbocycles. The molecule has 0 spiro atoms. The highest BCUT2D eigenvalue weighted by atomic mass is 79.9. The lowest BCUT2D eigenvalue weighted by Crippen LogP contribution is -2.44. The van der Waals surface area contributed by atoms with E-state index in [9.17, 15) is 0 Å². The molecule has 3 rings (SSSR count). The van der Waals surface area contributed by atoms with E-state index in [1.165, 1.54) is 44.5 Å². The Bertz CT molecular complexity index is 390. The number of nitrogens with one attached hydrogen (secondary N) is 1. The zero-order valence-corrected chi connectivity index (χ0v) is 11.5. The summed E-state index contributed by atoms with van der Waals surface area (Å²) in [6.45, 7) is 2.36. The summed E-state index contributed by atoms with van der Waals surface area (Å²) in [5.74, 6) is 0. The fourth-order valence-electron chi connectivity index (χ4n) is 3.15. The van der Waals surface area contributed by atoms with Crippen molar-refractivity contribution in [3.05, 3.63) is 22.9 Å². The molecule has 0 aliphatic carbocycles. The van der Waals surface area contributed by atoms with E-state index in [0.717, 1.165) is 4.47 Å². The molecular weight excluding hydrogens is 278 g/mol. The second-order valence-electron chi connectivity index (χ2n) is 4.93. The van der Waals surface area contributed by atoms with E-state index in [1.54, 1.807) is 0 Å². The Morgan fingerprint density at radius 1 is 1.35 bits per heavy atom. The highest BCUT2D eigenvalue weighted by molar-refractivity contribution is 9.10. The number of halogens is 1. The van der Waals surface area contributed by atoms with Gasteiger partial charge in [0.2, 0.25) is 0 Å². The van der Waals surface area contributed by atoms with Gasteiger partial charge in [0, 0.05) is 31.0 Å². The number of nitrogens with zero attached hydrogens (tertiary/aromatic N) is 2. The molecule has 2 atom stereocenters. The molecule has 2 unspecified atom stereocenters. The molecule has 3 nitrogen and oxygen atoms in total. The summed E-state index contributed by atoms with van der Waals surface area (Å²) in [6, 6.07) is 3.46. The monoisotopic (exact) mass is 295 g/mol. The first-order valence-corrected chi connectivity index (χ1v) is 7.25. The van der Waals surface area contributed by atoms with E-state index in [0.29, 0.717) is 12.1 Å². The Morgan fingerprint density at radius 3 is 3.06 bits per heavy atom. The van der Waals surface area contributed by atoms with Crippen LogP contribution in [0, 0.1) is 0 Å². The van der Waals surface area contributed by atoms with Crippen LogP contribution in [0.15, 0.2) is 22.9 Å². The van der Waals surface area contributed by atoms with Gasteiger partial charge in [-0.05, 0) is 54.2 Å². The van der Waals surface area contributed by atoms with Gasteiger partial charge >= 0.3 is 0 Å². The summed E-state index contributed by atoms with van der Waals surface area (Å²) in [5, 5.41) is 3.65. The molecule has 2 aliphatic rings. The quantitative estimate of drug-likeness (QED) is 0.909. The molecule has 0 bridgehead atoms. The maximum atomic E-state index is 4.15. The van der Waals surface area contributed by atoms with Gasteiger partial charge < -0.3 is 10.2 Å². The first-order valence-electron chi connectivity index (χ1n) is 6.46. The average Bonchev–Trinajstić information content (AvgIpc) is 3.00. The van der Waals surface area contributed by atoms with Crippen LogP contribution >= 0.6 is 15.9 Å². The molecule has 0 radical (unpaired) electrons. The van der Waals surface area contributed by atoms with Gasteiger partial charge in [0.05, 0.1) is 10.2 Å². The Kier molecular flexibility index (Phi) is 3.34.